The lowest BCUT2D eigenvalue weighted by molar-refractivity contribution is 0.405. The number of nitrogens with zero attached hydrogens (tertiary/aromatic N) is 3. The molecule has 3 rings (SSSR count). The highest BCUT2D eigenvalue weighted by atomic mass is 35.5. The van der Waals surface area contributed by atoms with Crippen LogP contribution in [-0.2, 0) is 0 Å². The molecule has 1 aromatic carbocycles. The van der Waals surface area contributed by atoms with Gasteiger partial charge in [0.05, 0.1) is 31.1 Å². The van der Waals surface area contributed by atoms with E-state index in [1.54, 1.807) is 32.5 Å². The van der Waals surface area contributed by atoms with Crippen molar-refractivity contribution in [1.82, 2.24) is 15.2 Å². The smallest absolute Gasteiger partial charge is 0.249 e. The molecule has 0 amide bonds. The maximum Gasteiger partial charge on any atom is 0.249 e. The van der Waals surface area contributed by atoms with Gasteiger partial charge in [-0.2, -0.15) is 10.1 Å². The summed E-state index contributed by atoms with van der Waals surface area (Å²) in [7, 11) is 3.11. The summed E-state index contributed by atoms with van der Waals surface area (Å²) in [6, 6.07) is 3.89. The zero-order valence-corrected chi connectivity index (χ0v) is 13.0. The van der Waals surface area contributed by atoms with Gasteiger partial charge in [0.2, 0.25) is 5.95 Å². The molecule has 1 aromatic heterocycles. The number of aromatic nitrogens is 3. The highest BCUT2D eigenvalue weighted by Crippen LogP contribution is 2.36. The zero-order chi connectivity index (χ0) is 15.5. The Balaban J connectivity index is 1.85. The van der Waals surface area contributed by atoms with Crippen molar-refractivity contribution < 1.29 is 9.47 Å². The molecule has 0 radical (unpaired) electrons. The van der Waals surface area contributed by atoms with Gasteiger partial charge >= 0.3 is 0 Å². The molecule has 2 aromatic rings. The van der Waals surface area contributed by atoms with E-state index in [1.807, 2.05) is 0 Å². The van der Waals surface area contributed by atoms with Gasteiger partial charge in [-0.3, -0.25) is 0 Å². The number of anilines is 3. The Morgan fingerprint density at radius 3 is 2.64 bits per heavy atom. The number of nitrogens with one attached hydrogen (secondary N) is 2. The Morgan fingerprint density at radius 2 is 1.95 bits per heavy atom. The van der Waals surface area contributed by atoms with Crippen LogP contribution in [-0.4, -0.2) is 35.4 Å². The van der Waals surface area contributed by atoms with E-state index in [-0.39, 0.29) is 0 Å². The van der Waals surface area contributed by atoms with Crippen LogP contribution in [0.4, 0.5) is 17.5 Å². The predicted octanol–water partition coefficient (Wildman–Crippen LogP) is 2.86. The van der Waals surface area contributed by atoms with E-state index in [0.29, 0.717) is 40.0 Å². The first-order valence-corrected chi connectivity index (χ1v) is 7.22. The summed E-state index contributed by atoms with van der Waals surface area (Å²) in [6.45, 7) is 0. The van der Waals surface area contributed by atoms with Crippen molar-refractivity contribution in [2.24, 2.45) is 0 Å². The van der Waals surface area contributed by atoms with Crippen LogP contribution in [0.25, 0.3) is 0 Å². The van der Waals surface area contributed by atoms with E-state index >= 15 is 0 Å². The van der Waals surface area contributed by atoms with Gasteiger partial charge in [0.15, 0.2) is 5.82 Å². The summed E-state index contributed by atoms with van der Waals surface area (Å²) >= 11 is 6.09. The lowest BCUT2D eigenvalue weighted by atomic mass is 10.2. The molecular weight excluding hydrogens is 306 g/mol. The molecule has 0 aliphatic heterocycles. The van der Waals surface area contributed by atoms with Crippen molar-refractivity contribution in [3.63, 3.8) is 0 Å². The average molecular weight is 322 g/mol. The van der Waals surface area contributed by atoms with Crippen LogP contribution in [0.2, 0.25) is 5.02 Å². The van der Waals surface area contributed by atoms with E-state index < -0.39 is 0 Å². The summed E-state index contributed by atoms with van der Waals surface area (Å²) in [5.74, 6) is 2.16. The van der Waals surface area contributed by atoms with Gasteiger partial charge in [-0.1, -0.05) is 11.6 Å². The van der Waals surface area contributed by atoms with Gasteiger partial charge in [-0.15, -0.1) is 5.10 Å². The Hall–Kier alpha value is -2.28. The molecule has 1 fully saturated rings. The number of methoxy groups -OCH3 is 2. The Bertz CT molecular complexity index is 678. The quantitative estimate of drug-likeness (QED) is 0.846. The standard InChI is InChI=1S/C14H16ClN5O2/c1-21-11-6-10(12(22-2)5-9(11)15)18-14-19-13(7-16-20-14)17-8-3-4-8/h5-8H,3-4H2,1-2H3,(H2,17,18,19,20). The molecule has 8 heteroatoms. The molecule has 0 saturated heterocycles. The molecule has 0 bridgehead atoms. The lowest BCUT2D eigenvalue weighted by Crippen LogP contribution is -2.07. The fraction of sp³-hybridized carbons (Fsp3) is 0.357. The van der Waals surface area contributed by atoms with E-state index in [4.69, 9.17) is 21.1 Å². The largest absolute Gasteiger partial charge is 0.495 e. The van der Waals surface area contributed by atoms with E-state index in [9.17, 15) is 0 Å². The van der Waals surface area contributed by atoms with Crippen LogP contribution in [0.5, 0.6) is 11.5 Å². The SMILES string of the molecule is COc1cc(Nc2nncc(NC3CC3)n2)c(OC)cc1Cl. The first-order valence-electron chi connectivity index (χ1n) is 6.84. The van der Waals surface area contributed by atoms with Crippen LogP contribution < -0.4 is 20.1 Å². The minimum atomic E-state index is 0.369. The maximum atomic E-state index is 6.09. The number of ether oxygens (including phenoxy) is 2. The third-order valence-electron chi connectivity index (χ3n) is 3.21. The topological polar surface area (TPSA) is 81.2 Å². The Morgan fingerprint density at radius 1 is 1.18 bits per heavy atom. The molecule has 0 spiro atoms. The second kappa shape index (κ2) is 6.23. The van der Waals surface area contributed by atoms with Crippen LogP contribution in [0.1, 0.15) is 12.8 Å². The van der Waals surface area contributed by atoms with Crippen LogP contribution in [0.3, 0.4) is 0 Å². The van der Waals surface area contributed by atoms with Gasteiger partial charge in [0, 0.05) is 18.2 Å². The maximum absolute atomic E-state index is 6.09. The van der Waals surface area contributed by atoms with Gasteiger partial charge < -0.3 is 20.1 Å². The summed E-state index contributed by atoms with van der Waals surface area (Å²) in [5.41, 5.74) is 0.647. The molecule has 7 nitrogen and oxygen atoms in total. The minimum Gasteiger partial charge on any atom is -0.495 e. The highest BCUT2D eigenvalue weighted by molar-refractivity contribution is 6.32. The van der Waals surface area contributed by atoms with Crippen molar-refractivity contribution in [2.75, 3.05) is 24.9 Å². The normalized spacial score (nSPS) is 13.6. The third-order valence-corrected chi connectivity index (χ3v) is 3.50. The summed E-state index contributed by atoms with van der Waals surface area (Å²) in [5, 5.41) is 14.7. The number of hydrogen-bond donors (Lipinski definition) is 2. The summed E-state index contributed by atoms with van der Waals surface area (Å²) in [6.07, 6.45) is 3.92. The molecule has 0 atom stereocenters. The minimum absolute atomic E-state index is 0.369. The fourth-order valence-corrected chi connectivity index (χ4v) is 2.17. The Kier molecular flexibility index (Phi) is 4.15. The first kappa shape index (κ1) is 14.6. The molecule has 0 unspecified atom stereocenters. The first-order chi connectivity index (χ1) is 10.7. The van der Waals surface area contributed by atoms with Crippen molar-refractivity contribution >= 4 is 29.1 Å². The summed E-state index contributed by atoms with van der Waals surface area (Å²) < 4.78 is 10.5. The molecule has 2 N–H and O–H groups in total. The van der Waals surface area contributed by atoms with Crippen molar-refractivity contribution in [1.29, 1.82) is 0 Å². The molecule has 116 valence electrons. The average Bonchev–Trinajstić information content (AvgIpc) is 3.33. The molecule has 1 aliphatic carbocycles. The molecular formula is C14H16ClN5O2. The van der Waals surface area contributed by atoms with Crippen molar-refractivity contribution in [3.8, 4) is 11.5 Å². The highest BCUT2D eigenvalue weighted by Gasteiger charge is 2.21. The van der Waals surface area contributed by atoms with Crippen LogP contribution >= 0.6 is 11.6 Å². The number of rotatable bonds is 6. The fourth-order valence-electron chi connectivity index (χ4n) is 1.94. The molecule has 22 heavy (non-hydrogen) atoms. The number of hydrogen-bond acceptors (Lipinski definition) is 7. The van der Waals surface area contributed by atoms with E-state index in [1.165, 1.54) is 0 Å². The monoisotopic (exact) mass is 321 g/mol. The number of benzene rings is 1. The Labute approximate surface area is 133 Å². The molecule has 1 aliphatic rings. The molecule has 1 saturated carbocycles. The zero-order valence-electron chi connectivity index (χ0n) is 12.3. The van der Waals surface area contributed by atoms with Crippen molar-refractivity contribution in [2.45, 2.75) is 18.9 Å². The summed E-state index contributed by atoms with van der Waals surface area (Å²) in [4.78, 5) is 4.38. The van der Waals surface area contributed by atoms with Gasteiger partial charge in [-0.05, 0) is 12.8 Å². The van der Waals surface area contributed by atoms with Gasteiger partial charge in [-0.25, -0.2) is 0 Å². The van der Waals surface area contributed by atoms with E-state index in [2.05, 4.69) is 25.8 Å². The lowest BCUT2D eigenvalue weighted by Gasteiger charge is -2.13. The van der Waals surface area contributed by atoms with Gasteiger partial charge in [0.25, 0.3) is 0 Å². The van der Waals surface area contributed by atoms with Gasteiger partial charge in [0.1, 0.15) is 11.5 Å². The second-order valence-electron chi connectivity index (χ2n) is 4.90. The number of halogens is 1. The predicted molar refractivity (Wildman–Crippen MR) is 84.3 cm³/mol. The third kappa shape index (κ3) is 3.30. The molecule has 1 heterocycles. The van der Waals surface area contributed by atoms with Crippen LogP contribution in [0.15, 0.2) is 18.3 Å². The van der Waals surface area contributed by atoms with Crippen LogP contribution in [0, 0.1) is 0 Å². The van der Waals surface area contributed by atoms with Crippen molar-refractivity contribution in [3.05, 3.63) is 23.4 Å². The second-order valence-corrected chi connectivity index (χ2v) is 5.30. The van der Waals surface area contributed by atoms with E-state index in [0.717, 1.165) is 12.8 Å².